The molecule has 1 aliphatic rings. The molecule has 0 amide bonds. The van der Waals surface area contributed by atoms with Crippen LogP contribution in [0.1, 0.15) is 39.5 Å². The molecule has 0 aliphatic heterocycles. The highest BCUT2D eigenvalue weighted by atomic mass is 16.5. The maximum absolute atomic E-state index is 8.05. The van der Waals surface area contributed by atoms with Crippen LogP contribution in [-0.4, -0.2) is 37.0 Å². The van der Waals surface area contributed by atoms with Crippen molar-refractivity contribution in [3.8, 4) is 0 Å². The van der Waals surface area contributed by atoms with E-state index in [1.165, 1.54) is 25.7 Å². The zero-order chi connectivity index (χ0) is 11.3. The minimum absolute atomic E-state index is 0.291. The van der Waals surface area contributed by atoms with Gasteiger partial charge in [-0.25, -0.2) is 0 Å². The molecule has 0 bridgehead atoms. The van der Waals surface area contributed by atoms with Gasteiger partial charge in [0, 0.05) is 19.5 Å². The van der Waals surface area contributed by atoms with E-state index in [-0.39, 0.29) is 0 Å². The number of hydrogen-bond acceptors (Lipinski definition) is 2. The van der Waals surface area contributed by atoms with E-state index in [4.69, 9.17) is 10.1 Å². The summed E-state index contributed by atoms with van der Waals surface area (Å²) in [6, 6.07) is 0. The van der Waals surface area contributed by atoms with Crippen molar-refractivity contribution in [3.05, 3.63) is 0 Å². The van der Waals surface area contributed by atoms with Gasteiger partial charge in [0.15, 0.2) is 0 Å². The Hall–Kier alpha value is -0.570. The first-order valence-electron chi connectivity index (χ1n) is 6.02. The lowest BCUT2D eigenvalue weighted by Gasteiger charge is -2.24. The molecule has 0 unspecified atom stereocenters. The molecule has 0 heterocycles. The van der Waals surface area contributed by atoms with Gasteiger partial charge in [0.05, 0.1) is 18.5 Å². The fourth-order valence-electron chi connectivity index (χ4n) is 2.06. The Balaban J connectivity index is 2.20. The molecule has 15 heavy (non-hydrogen) atoms. The van der Waals surface area contributed by atoms with Gasteiger partial charge in [0.2, 0.25) is 0 Å². The molecule has 0 spiro atoms. The molecule has 0 aromatic heterocycles. The van der Waals surface area contributed by atoms with Crippen molar-refractivity contribution in [1.29, 1.82) is 5.41 Å². The van der Waals surface area contributed by atoms with Gasteiger partial charge < -0.3 is 9.64 Å². The quantitative estimate of drug-likeness (QED) is 0.561. The Morgan fingerprint density at radius 1 is 1.40 bits per heavy atom. The molecule has 0 aromatic rings. The number of rotatable bonds is 5. The average molecular weight is 212 g/mol. The summed E-state index contributed by atoms with van der Waals surface area (Å²) in [5.41, 5.74) is 0. The third-order valence-corrected chi connectivity index (χ3v) is 3.03. The Kier molecular flexibility index (Phi) is 5.09. The zero-order valence-corrected chi connectivity index (χ0v) is 10.3. The highest BCUT2D eigenvalue weighted by Gasteiger charge is 2.21. The third kappa shape index (κ3) is 4.20. The fourth-order valence-corrected chi connectivity index (χ4v) is 2.06. The largest absolute Gasteiger partial charge is 0.377 e. The highest BCUT2D eigenvalue weighted by Crippen LogP contribution is 2.26. The van der Waals surface area contributed by atoms with Gasteiger partial charge in [-0.3, -0.25) is 5.41 Å². The fraction of sp³-hybridized carbons (Fsp3) is 0.917. The number of nitrogens with zero attached hydrogens (tertiary/aromatic N) is 1. The number of ether oxygens (including phenoxy) is 1. The van der Waals surface area contributed by atoms with Gasteiger partial charge >= 0.3 is 0 Å². The summed E-state index contributed by atoms with van der Waals surface area (Å²) in [5, 5.41) is 8.05. The van der Waals surface area contributed by atoms with Crippen molar-refractivity contribution < 1.29 is 4.74 Å². The van der Waals surface area contributed by atoms with Crippen LogP contribution in [0.4, 0.5) is 0 Å². The monoisotopic (exact) mass is 212 g/mol. The Bertz CT molecular complexity index is 198. The minimum Gasteiger partial charge on any atom is -0.377 e. The second-order valence-electron chi connectivity index (χ2n) is 4.71. The van der Waals surface area contributed by atoms with Gasteiger partial charge in [-0.1, -0.05) is 12.8 Å². The van der Waals surface area contributed by atoms with Crippen LogP contribution in [-0.2, 0) is 4.74 Å². The van der Waals surface area contributed by atoms with Gasteiger partial charge in [0.25, 0.3) is 0 Å². The number of amidine groups is 1. The van der Waals surface area contributed by atoms with Crippen LogP contribution in [0.5, 0.6) is 0 Å². The third-order valence-electron chi connectivity index (χ3n) is 3.03. The standard InChI is InChI=1S/C12H24N2O/c1-10(2)15-9-8-14(3)12(13)11-6-4-5-7-11/h10-11,13H,4-9H2,1-3H3. The average Bonchev–Trinajstić information content (AvgIpc) is 2.68. The minimum atomic E-state index is 0.291. The molecule has 0 atom stereocenters. The molecule has 3 nitrogen and oxygen atoms in total. The first kappa shape index (κ1) is 12.5. The maximum atomic E-state index is 8.05. The lowest BCUT2D eigenvalue weighted by Crippen LogP contribution is -2.34. The predicted octanol–water partition coefficient (Wildman–Crippen LogP) is 2.51. The maximum Gasteiger partial charge on any atom is 0.0987 e. The molecule has 1 fully saturated rings. The van der Waals surface area contributed by atoms with Gasteiger partial charge in [-0.2, -0.15) is 0 Å². The number of hydrogen-bond donors (Lipinski definition) is 1. The van der Waals surface area contributed by atoms with Crippen LogP contribution in [0.15, 0.2) is 0 Å². The zero-order valence-electron chi connectivity index (χ0n) is 10.3. The van der Waals surface area contributed by atoms with Crippen LogP contribution < -0.4 is 0 Å². The van der Waals surface area contributed by atoms with Crippen LogP contribution >= 0.6 is 0 Å². The van der Waals surface area contributed by atoms with Crippen molar-refractivity contribution in [3.63, 3.8) is 0 Å². The smallest absolute Gasteiger partial charge is 0.0987 e. The van der Waals surface area contributed by atoms with Crippen molar-refractivity contribution in [2.24, 2.45) is 5.92 Å². The molecule has 0 aromatic carbocycles. The van der Waals surface area contributed by atoms with E-state index in [0.717, 1.165) is 19.0 Å². The Morgan fingerprint density at radius 3 is 2.53 bits per heavy atom. The van der Waals surface area contributed by atoms with E-state index >= 15 is 0 Å². The van der Waals surface area contributed by atoms with Crippen molar-refractivity contribution in [1.82, 2.24) is 4.90 Å². The summed E-state index contributed by atoms with van der Waals surface area (Å²) in [5.74, 6) is 1.31. The summed E-state index contributed by atoms with van der Waals surface area (Å²) in [6.45, 7) is 5.65. The summed E-state index contributed by atoms with van der Waals surface area (Å²) in [4.78, 5) is 2.04. The molecule has 1 N–H and O–H groups in total. The summed E-state index contributed by atoms with van der Waals surface area (Å²) in [7, 11) is 2.00. The number of nitrogens with one attached hydrogen (secondary N) is 1. The summed E-state index contributed by atoms with van der Waals surface area (Å²) < 4.78 is 5.49. The summed E-state index contributed by atoms with van der Waals surface area (Å²) >= 11 is 0. The van der Waals surface area contributed by atoms with Crippen LogP contribution in [0.3, 0.4) is 0 Å². The normalized spacial score (nSPS) is 17.3. The topological polar surface area (TPSA) is 36.3 Å². The molecule has 1 aliphatic carbocycles. The van der Waals surface area contributed by atoms with Crippen LogP contribution in [0.25, 0.3) is 0 Å². The molecule has 0 radical (unpaired) electrons. The molecule has 88 valence electrons. The molecule has 1 rings (SSSR count). The molecular weight excluding hydrogens is 188 g/mol. The molecule has 0 saturated heterocycles. The molecular formula is C12H24N2O. The lowest BCUT2D eigenvalue weighted by atomic mass is 10.1. The van der Waals surface area contributed by atoms with E-state index in [9.17, 15) is 0 Å². The van der Waals surface area contributed by atoms with E-state index in [1.54, 1.807) is 0 Å². The SMILES string of the molecule is CC(C)OCCN(C)C(=N)C1CCCC1. The van der Waals surface area contributed by atoms with Crippen molar-refractivity contribution >= 4 is 5.84 Å². The van der Waals surface area contributed by atoms with Gasteiger partial charge in [-0.15, -0.1) is 0 Å². The van der Waals surface area contributed by atoms with Crippen molar-refractivity contribution in [2.45, 2.75) is 45.6 Å². The molecule has 3 heteroatoms. The second-order valence-corrected chi connectivity index (χ2v) is 4.71. The number of likely N-dealkylation sites (N-methyl/N-ethyl adjacent to an activating group) is 1. The Morgan fingerprint density at radius 2 is 2.00 bits per heavy atom. The first-order valence-corrected chi connectivity index (χ1v) is 6.02. The summed E-state index contributed by atoms with van der Waals surface area (Å²) in [6.07, 6.45) is 5.29. The lowest BCUT2D eigenvalue weighted by molar-refractivity contribution is 0.0718. The van der Waals surface area contributed by atoms with E-state index in [0.29, 0.717) is 12.0 Å². The second kappa shape index (κ2) is 6.11. The van der Waals surface area contributed by atoms with Gasteiger partial charge in [0.1, 0.15) is 0 Å². The van der Waals surface area contributed by atoms with Crippen LogP contribution in [0.2, 0.25) is 0 Å². The Labute approximate surface area is 93.3 Å². The molecule has 1 saturated carbocycles. The van der Waals surface area contributed by atoms with E-state index in [1.807, 2.05) is 25.8 Å². The van der Waals surface area contributed by atoms with Gasteiger partial charge in [-0.05, 0) is 26.7 Å². The van der Waals surface area contributed by atoms with Crippen molar-refractivity contribution in [2.75, 3.05) is 20.2 Å². The van der Waals surface area contributed by atoms with Crippen LogP contribution in [0, 0.1) is 11.3 Å². The predicted molar refractivity (Wildman–Crippen MR) is 63.4 cm³/mol. The highest BCUT2D eigenvalue weighted by molar-refractivity contribution is 5.81. The van der Waals surface area contributed by atoms with E-state index in [2.05, 4.69) is 0 Å². The first-order chi connectivity index (χ1) is 7.11. The van der Waals surface area contributed by atoms with E-state index < -0.39 is 0 Å².